The molecule has 0 bridgehead atoms. The highest BCUT2D eigenvalue weighted by Gasteiger charge is 2.37. The highest BCUT2D eigenvalue weighted by atomic mass is 32.2. The number of carbonyl (C=O) groups excluding carboxylic acids is 1. The average molecular weight is 412 g/mol. The normalized spacial score (nSPS) is 18.0. The molecule has 3 aromatic rings. The zero-order chi connectivity index (χ0) is 20.4. The number of hydrogen-bond acceptors (Lipinski definition) is 5. The first-order valence-electron chi connectivity index (χ1n) is 9.55. The van der Waals surface area contributed by atoms with Crippen molar-refractivity contribution in [3.63, 3.8) is 0 Å². The predicted molar refractivity (Wildman–Crippen MR) is 112 cm³/mol. The van der Waals surface area contributed by atoms with Gasteiger partial charge in [0.2, 0.25) is 11.1 Å². The Kier molecular flexibility index (Phi) is 5.53. The number of aryl methyl sites for hydroxylation is 2. The molecule has 0 aliphatic carbocycles. The number of carbonyl (C=O) groups is 1. The topological polar surface area (TPSA) is 71.8 Å². The molecule has 2 heterocycles. The van der Waals surface area contributed by atoms with Crippen molar-refractivity contribution in [1.82, 2.24) is 14.9 Å². The molecule has 6 nitrogen and oxygen atoms in total. The molecule has 0 fully saturated rings. The highest BCUT2D eigenvalue weighted by molar-refractivity contribution is 8.00. The van der Waals surface area contributed by atoms with E-state index in [9.17, 15) is 9.18 Å². The Morgan fingerprint density at radius 3 is 2.59 bits per heavy atom. The Morgan fingerprint density at radius 1 is 1.17 bits per heavy atom. The van der Waals surface area contributed by atoms with Crippen LogP contribution in [0.25, 0.3) is 0 Å². The summed E-state index contributed by atoms with van der Waals surface area (Å²) in [6, 6.07) is 13.6. The van der Waals surface area contributed by atoms with Crippen molar-refractivity contribution in [2.75, 3.05) is 10.7 Å². The van der Waals surface area contributed by atoms with Gasteiger partial charge < -0.3 is 10.7 Å². The summed E-state index contributed by atoms with van der Waals surface area (Å²) in [6.07, 6.45) is 1.75. The van der Waals surface area contributed by atoms with Crippen molar-refractivity contribution in [3.8, 4) is 0 Å². The lowest BCUT2D eigenvalue weighted by atomic mass is 10.0. The Labute approximate surface area is 172 Å². The fourth-order valence-electron chi connectivity index (χ4n) is 3.25. The minimum atomic E-state index is -0.464. The second kappa shape index (κ2) is 8.24. The van der Waals surface area contributed by atoms with Crippen LogP contribution in [0.4, 0.5) is 10.1 Å². The summed E-state index contributed by atoms with van der Waals surface area (Å²) in [4.78, 5) is 13.1. The molecule has 0 unspecified atom stereocenters. The number of nitrogens with zero attached hydrogens (tertiary/aromatic N) is 3. The standard InChI is InChI=1S/C21H22FN5OS/c1-3-4-17-24-25-21-27(17)26-18(14-7-5-13(2)6-8-14)19(29-21)20(28)23-16-11-9-15(22)10-12-16/h5-12,18-19,26H,3-4H2,1-2H3,(H,23,28)/t18-,19+/m1/s1. The lowest BCUT2D eigenvalue weighted by Gasteiger charge is -2.33. The first-order chi connectivity index (χ1) is 14.0. The van der Waals surface area contributed by atoms with Gasteiger partial charge in [0.15, 0.2) is 5.82 Å². The molecule has 0 saturated heterocycles. The maximum absolute atomic E-state index is 13.2. The molecule has 1 aliphatic heterocycles. The molecule has 0 saturated carbocycles. The smallest absolute Gasteiger partial charge is 0.240 e. The molecule has 150 valence electrons. The fraction of sp³-hybridized carbons (Fsp3) is 0.286. The minimum Gasteiger partial charge on any atom is -0.325 e. The summed E-state index contributed by atoms with van der Waals surface area (Å²) in [5.74, 6) is 0.335. The van der Waals surface area contributed by atoms with Gasteiger partial charge in [-0.25, -0.2) is 9.07 Å². The van der Waals surface area contributed by atoms with Crippen LogP contribution in [0.15, 0.2) is 53.7 Å². The van der Waals surface area contributed by atoms with E-state index < -0.39 is 5.25 Å². The predicted octanol–water partition coefficient (Wildman–Crippen LogP) is 4.08. The number of anilines is 1. The van der Waals surface area contributed by atoms with Crippen molar-refractivity contribution in [2.24, 2.45) is 0 Å². The Morgan fingerprint density at radius 2 is 1.90 bits per heavy atom. The summed E-state index contributed by atoms with van der Waals surface area (Å²) < 4.78 is 15.1. The van der Waals surface area contributed by atoms with E-state index in [1.807, 2.05) is 35.9 Å². The van der Waals surface area contributed by atoms with Gasteiger partial charge in [-0.2, -0.15) is 0 Å². The molecular formula is C21H22FN5OS. The number of aromatic nitrogens is 3. The van der Waals surface area contributed by atoms with Crippen LogP contribution in [0.3, 0.4) is 0 Å². The number of amides is 1. The van der Waals surface area contributed by atoms with E-state index >= 15 is 0 Å². The van der Waals surface area contributed by atoms with Crippen molar-refractivity contribution < 1.29 is 9.18 Å². The van der Waals surface area contributed by atoms with Crippen LogP contribution in [0.1, 0.15) is 36.3 Å². The van der Waals surface area contributed by atoms with Crippen LogP contribution in [-0.2, 0) is 11.2 Å². The third-order valence-electron chi connectivity index (χ3n) is 4.78. The summed E-state index contributed by atoms with van der Waals surface area (Å²) in [7, 11) is 0. The molecule has 0 spiro atoms. The minimum absolute atomic E-state index is 0.175. The van der Waals surface area contributed by atoms with Gasteiger partial charge in [-0.3, -0.25) is 4.79 Å². The number of hydrogen-bond donors (Lipinski definition) is 2. The lowest BCUT2D eigenvalue weighted by Crippen LogP contribution is -2.41. The molecule has 1 amide bonds. The molecule has 1 aliphatic rings. The largest absolute Gasteiger partial charge is 0.325 e. The van der Waals surface area contributed by atoms with Crippen LogP contribution in [0.5, 0.6) is 0 Å². The molecule has 2 N–H and O–H groups in total. The van der Waals surface area contributed by atoms with E-state index in [4.69, 9.17) is 0 Å². The summed E-state index contributed by atoms with van der Waals surface area (Å²) >= 11 is 1.38. The maximum atomic E-state index is 13.2. The molecule has 2 aromatic carbocycles. The van der Waals surface area contributed by atoms with Gasteiger partial charge in [0, 0.05) is 12.1 Å². The number of nitrogens with one attached hydrogen (secondary N) is 2. The van der Waals surface area contributed by atoms with E-state index in [1.165, 1.54) is 23.9 Å². The van der Waals surface area contributed by atoms with Gasteiger partial charge in [0.1, 0.15) is 11.1 Å². The molecule has 0 radical (unpaired) electrons. The van der Waals surface area contributed by atoms with Crippen LogP contribution >= 0.6 is 11.8 Å². The molecular weight excluding hydrogens is 389 g/mol. The second-order valence-electron chi connectivity index (χ2n) is 7.04. The highest BCUT2D eigenvalue weighted by Crippen LogP contribution is 2.37. The number of rotatable bonds is 5. The monoisotopic (exact) mass is 411 g/mol. The summed E-state index contributed by atoms with van der Waals surface area (Å²) in [5, 5.41) is 11.6. The number of halogens is 1. The summed E-state index contributed by atoms with van der Waals surface area (Å²) in [6.45, 7) is 4.12. The van der Waals surface area contributed by atoms with E-state index in [2.05, 4.69) is 27.9 Å². The van der Waals surface area contributed by atoms with Crippen molar-refractivity contribution >= 4 is 23.4 Å². The van der Waals surface area contributed by atoms with Gasteiger partial charge in [-0.1, -0.05) is 48.5 Å². The second-order valence-corrected chi connectivity index (χ2v) is 8.14. The van der Waals surface area contributed by atoms with Crippen LogP contribution in [-0.4, -0.2) is 26.0 Å². The van der Waals surface area contributed by atoms with Crippen molar-refractivity contribution in [3.05, 3.63) is 71.3 Å². The van der Waals surface area contributed by atoms with Gasteiger partial charge in [-0.05, 0) is 43.2 Å². The third-order valence-corrected chi connectivity index (χ3v) is 6.00. The molecule has 4 rings (SSSR count). The number of benzene rings is 2. The third kappa shape index (κ3) is 4.12. The van der Waals surface area contributed by atoms with E-state index in [0.29, 0.717) is 10.8 Å². The Bertz CT molecular complexity index is 1000. The van der Waals surface area contributed by atoms with Crippen LogP contribution < -0.4 is 10.7 Å². The Balaban J connectivity index is 1.65. The zero-order valence-electron chi connectivity index (χ0n) is 16.2. The molecule has 2 atom stereocenters. The summed E-state index contributed by atoms with van der Waals surface area (Å²) in [5.41, 5.74) is 6.15. The number of thioether (sulfide) groups is 1. The van der Waals surface area contributed by atoms with Gasteiger partial charge >= 0.3 is 0 Å². The van der Waals surface area contributed by atoms with E-state index in [1.54, 1.807) is 12.1 Å². The van der Waals surface area contributed by atoms with E-state index in [-0.39, 0.29) is 17.8 Å². The number of fused-ring (bicyclic) bond motifs is 1. The molecule has 8 heteroatoms. The quantitative estimate of drug-likeness (QED) is 0.662. The van der Waals surface area contributed by atoms with E-state index in [0.717, 1.165) is 29.8 Å². The zero-order valence-corrected chi connectivity index (χ0v) is 17.0. The fourth-order valence-corrected chi connectivity index (χ4v) is 4.35. The van der Waals surface area contributed by atoms with Crippen LogP contribution in [0, 0.1) is 12.7 Å². The molecule has 1 aromatic heterocycles. The SMILES string of the molecule is CCCc1nnc2n1N[C@H](c1ccc(C)cc1)[C@@H](C(=O)Nc1ccc(F)cc1)S2. The Hall–Kier alpha value is -2.87. The van der Waals surface area contributed by atoms with Crippen molar-refractivity contribution in [1.29, 1.82) is 0 Å². The first-order valence-corrected chi connectivity index (χ1v) is 10.4. The van der Waals surface area contributed by atoms with Crippen molar-refractivity contribution in [2.45, 2.75) is 43.1 Å². The van der Waals surface area contributed by atoms with Gasteiger partial charge in [0.25, 0.3) is 0 Å². The van der Waals surface area contributed by atoms with Gasteiger partial charge in [-0.15, -0.1) is 10.2 Å². The molecule has 29 heavy (non-hydrogen) atoms. The average Bonchev–Trinajstić information content (AvgIpc) is 3.11. The first kappa shape index (κ1) is 19.4. The lowest BCUT2D eigenvalue weighted by molar-refractivity contribution is -0.116. The van der Waals surface area contributed by atoms with Crippen LogP contribution in [0.2, 0.25) is 0 Å². The maximum Gasteiger partial charge on any atom is 0.240 e. The van der Waals surface area contributed by atoms with Gasteiger partial charge in [0.05, 0.1) is 6.04 Å².